The highest BCUT2D eigenvalue weighted by atomic mass is 19.2. The predicted octanol–water partition coefficient (Wildman–Crippen LogP) is 6.64. The van der Waals surface area contributed by atoms with E-state index in [-0.39, 0.29) is 0 Å². The average Bonchev–Trinajstić information content (AvgIpc) is 2.75. The first kappa shape index (κ1) is 27.6. The third-order valence-corrected chi connectivity index (χ3v) is 4.62. The molecule has 31 heavy (non-hydrogen) atoms. The van der Waals surface area contributed by atoms with E-state index in [9.17, 15) is 22.0 Å². The molecule has 1 unspecified atom stereocenters. The zero-order chi connectivity index (χ0) is 23.2. The van der Waals surface area contributed by atoms with E-state index in [0.29, 0.717) is 19.6 Å². The van der Waals surface area contributed by atoms with Crippen LogP contribution in [0.1, 0.15) is 72.1 Å². The van der Waals surface area contributed by atoms with Gasteiger partial charge in [0.05, 0.1) is 6.10 Å². The first-order valence-electron chi connectivity index (χ1n) is 10.9. The molecule has 0 heterocycles. The first-order chi connectivity index (χ1) is 14.9. The van der Waals surface area contributed by atoms with Crippen LogP contribution < -0.4 is 4.74 Å². The summed E-state index contributed by atoms with van der Waals surface area (Å²) < 4.78 is 89.1. The van der Waals surface area contributed by atoms with E-state index >= 15 is 0 Å². The van der Waals surface area contributed by atoms with Crippen LogP contribution in [-0.2, 0) is 14.2 Å². The molecule has 0 aliphatic carbocycles. The fourth-order valence-electron chi connectivity index (χ4n) is 2.96. The Hall–Kier alpha value is -1.45. The minimum Gasteiger partial charge on any atom is -0.485 e. The van der Waals surface area contributed by atoms with Gasteiger partial charge >= 0.3 is 0 Å². The second-order valence-corrected chi connectivity index (χ2v) is 7.08. The minimum absolute atomic E-state index is 0.299. The van der Waals surface area contributed by atoms with Gasteiger partial charge in [0.2, 0.25) is 29.1 Å². The maximum atomic E-state index is 13.9. The zero-order valence-electron chi connectivity index (χ0n) is 18.5. The largest absolute Gasteiger partial charge is 0.485 e. The van der Waals surface area contributed by atoms with Crippen molar-refractivity contribution in [2.24, 2.45) is 0 Å². The summed E-state index contributed by atoms with van der Waals surface area (Å²) >= 11 is 0. The monoisotopic (exact) mass is 456 g/mol. The van der Waals surface area contributed by atoms with Gasteiger partial charge in [-0.2, -0.15) is 8.78 Å². The van der Waals surface area contributed by atoms with Crippen molar-refractivity contribution in [1.29, 1.82) is 0 Å². The Morgan fingerprint density at radius 3 is 1.65 bits per heavy atom. The van der Waals surface area contributed by atoms with Crippen molar-refractivity contribution in [3.05, 3.63) is 29.1 Å². The van der Waals surface area contributed by atoms with Gasteiger partial charge in [0.15, 0.2) is 5.75 Å². The van der Waals surface area contributed by atoms with Gasteiger partial charge in [0.1, 0.15) is 6.61 Å². The third kappa shape index (κ3) is 9.29. The maximum absolute atomic E-state index is 13.9. The highest BCUT2D eigenvalue weighted by Gasteiger charge is 2.28. The topological polar surface area (TPSA) is 36.9 Å². The molecule has 9 heteroatoms. The molecule has 0 radical (unpaired) electrons. The van der Waals surface area contributed by atoms with Crippen LogP contribution in [0.15, 0.2) is 0 Å². The summed E-state index contributed by atoms with van der Waals surface area (Å²) in [6, 6.07) is 0. The quantitative estimate of drug-likeness (QED) is 0.0865. The molecular formula is C22H33F5O4. The molecule has 0 aliphatic rings. The summed E-state index contributed by atoms with van der Waals surface area (Å²) in [5.41, 5.74) is 0. The van der Waals surface area contributed by atoms with Crippen molar-refractivity contribution < 1.29 is 40.9 Å². The fraction of sp³-hybridized carbons (Fsp3) is 0.727. The van der Waals surface area contributed by atoms with Gasteiger partial charge in [0, 0.05) is 13.2 Å². The van der Waals surface area contributed by atoms with Gasteiger partial charge in [-0.1, -0.05) is 51.9 Å². The maximum Gasteiger partial charge on any atom is 0.271 e. The lowest BCUT2D eigenvalue weighted by molar-refractivity contribution is -0.304. The molecule has 0 N–H and O–H groups in total. The molecule has 0 saturated carbocycles. The van der Waals surface area contributed by atoms with Crippen LogP contribution >= 0.6 is 0 Å². The van der Waals surface area contributed by atoms with Crippen molar-refractivity contribution in [1.82, 2.24) is 0 Å². The van der Waals surface area contributed by atoms with Crippen LogP contribution in [0.5, 0.6) is 5.75 Å². The van der Waals surface area contributed by atoms with Crippen LogP contribution in [0.3, 0.4) is 0 Å². The summed E-state index contributed by atoms with van der Waals surface area (Å²) in [4.78, 5) is 0. The Morgan fingerprint density at radius 2 is 1.13 bits per heavy atom. The van der Waals surface area contributed by atoms with Gasteiger partial charge in [-0.3, -0.25) is 0 Å². The average molecular weight is 456 g/mol. The van der Waals surface area contributed by atoms with E-state index in [4.69, 9.17) is 18.9 Å². The number of unbranched alkanes of at least 4 members (excludes halogenated alkanes) is 6. The van der Waals surface area contributed by atoms with Crippen molar-refractivity contribution in [3.8, 4) is 5.75 Å². The molecule has 0 saturated heterocycles. The number of ether oxygens (including phenoxy) is 4. The molecular weight excluding hydrogens is 423 g/mol. The summed E-state index contributed by atoms with van der Waals surface area (Å²) in [6.07, 6.45) is 7.02. The zero-order valence-corrected chi connectivity index (χ0v) is 18.5. The van der Waals surface area contributed by atoms with Gasteiger partial charge in [-0.15, -0.1) is 0 Å². The second-order valence-electron chi connectivity index (χ2n) is 7.08. The number of halogens is 5. The molecule has 0 aliphatic heterocycles. The molecule has 0 amide bonds. The molecule has 1 aromatic rings. The normalized spacial score (nSPS) is 12.5. The second kappa shape index (κ2) is 15.4. The first-order valence-corrected chi connectivity index (χ1v) is 10.9. The number of rotatable bonds is 17. The Bertz CT molecular complexity index is 610. The van der Waals surface area contributed by atoms with Crippen molar-refractivity contribution in [2.75, 3.05) is 19.8 Å². The van der Waals surface area contributed by atoms with Gasteiger partial charge < -0.3 is 18.9 Å². The molecule has 1 aromatic carbocycles. The molecule has 1 atom stereocenters. The van der Waals surface area contributed by atoms with Gasteiger partial charge in [0.25, 0.3) is 6.48 Å². The number of hydrogen-bond acceptors (Lipinski definition) is 4. The van der Waals surface area contributed by atoms with Crippen LogP contribution in [0.25, 0.3) is 0 Å². The lowest BCUT2D eigenvalue weighted by Crippen LogP contribution is -2.31. The van der Waals surface area contributed by atoms with Crippen LogP contribution in [0, 0.1) is 29.1 Å². The van der Waals surface area contributed by atoms with E-state index in [0.717, 1.165) is 38.5 Å². The standard InChI is InChI=1S/C22H33F5O4/c1-4-7-8-9-10-11-12-13-15(31-22(28-5-2)29-6-3)14-30-21-19(26)17(24)16(23)18(25)20(21)27/h15,22H,4-14H2,1-3H3. The molecule has 180 valence electrons. The Kier molecular flexibility index (Phi) is 13.7. The van der Waals surface area contributed by atoms with Crippen LogP contribution in [0.2, 0.25) is 0 Å². The Labute approximate surface area is 181 Å². The Balaban J connectivity index is 2.77. The third-order valence-electron chi connectivity index (χ3n) is 4.62. The van der Waals surface area contributed by atoms with E-state index in [1.807, 2.05) is 0 Å². The minimum atomic E-state index is -2.23. The van der Waals surface area contributed by atoms with E-state index in [2.05, 4.69) is 6.92 Å². The molecule has 1 rings (SSSR count). The predicted molar refractivity (Wildman–Crippen MR) is 106 cm³/mol. The van der Waals surface area contributed by atoms with Crippen LogP contribution in [-0.4, -0.2) is 32.4 Å². The van der Waals surface area contributed by atoms with Crippen molar-refractivity contribution in [2.45, 2.75) is 84.7 Å². The highest BCUT2D eigenvalue weighted by Crippen LogP contribution is 2.29. The summed E-state index contributed by atoms with van der Waals surface area (Å²) in [5.74, 6) is -11.7. The SMILES string of the molecule is CCCCCCCCCC(COc1c(F)c(F)c(F)c(F)c1F)OC(OCC)OCC. The molecule has 0 fully saturated rings. The summed E-state index contributed by atoms with van der Waals surface area (Å²) in [5, 5.41) is 0. The Morgan fingerprint density at radius 1 is 0.645 bits per heavy atom. The lowest BCUT2D eigenvalue weighted by atomic mass is 10.1. The van der Waals surface area contributed by atoms with E-state index < -0.39 is 54.0 Å². The molecule has 0 spiro atoms. The van der Waals surface area contributed by atoms with E-state index in [1.165, 1.54) is 6.42 Å². The summed E-state index contributed by atoms with van der Waals surface area (Å²) in [6.45, 7) is 4.77. The van der Waals surface area contributed by atoms with Crippen LogP contribution in [0.4, 0.5) is 22.0 Å². The summed E-state index contributed by atoms with van der Waals surface area (Å²) in [7, 11) is 0. The van der Waals surface area contributed by atoms with Crippen molar-refractivity contribution >= 4 is 0 Å². The molecule has 0 aromatic heterocycles. The van der Waals surface area contributed by atoms with Crippen molar-refractivity contribution in [3.63, 3.8) is 0 Å². The van der Waals surface area contributed by atoms with E-state index in [1.54, 1.807) is 13.8 Å². The smallest absolute Gasteiger partial charge is 0.271 e. The fourth-order valence-corrected chi connectivity index (χ4v) is 2.96. The number of hydrogen-bond donors (Lipinski definition) is 0. The van der Waals surface area contributed by atoms with Gasteiger partial charge in [-0.05, 0) is 20.3 Å². The van der Waals surface area contributed by atoms with Gasteiger partial charge in [-0.25, -0.2) is 13.2 Å². The highest BCUT2D eigenvalue weighted by molar-refractivity contribution is 5.29. The molecule has 0 bridgehead atoms. The molecule has 4 nitrogen and oxygen atoms in total. The lowest BCUT2D eigenvalue weighted by Gasteiger charge is -2.24. The number of benzene rings is 1.